The molecule has 1 amide bonds. The van der Waals surface area contributed by atoms with Gasteiger partial charge in [-0.2, -0.15) is 0 Å². The summed E-state index contributed by atoms with van der Waals surface area (Å²) in [7, 11) is 0. The molecule has 0 aliphatic heterocycles. The van der Waals surface area contributed by atoms with E-state index in [4.69, 9.17) is 9.94 Å². The van der Waals surface area contributed by atoms with Gasteiger partial charge in [0.05, 0.1) is 5.71 Å². The SMILES string of the molecule is CCCCNC(=O)COc1cccc(C(C)=NO)c1. The van der Waals surface area contributed by atoms with Crippen LogP contribution in [0.3, 0.4) is 0 Å². The first-order valence-corrected chi connectivity index (χ1v) is 6.36. The zero-order valence-electron chi connectivity index (χ0n) is 11.3. The van der Waals surface area contributed by atoms with Crippen molar-refractivity contribution in [2.75, 3.05) is 13.2 Å². The molecule has 1 rings (SSSR count). The van der Waals surface area contributed by atoms with Gasteiger partial charge in [0.25, 0.3) is 5.91 Å². The summed E-state index contributed by atoms with van der Waals surface area (Å²) in [5.74, 6) is 0.442. The number of amides is 1. The summed E-state index contributed by atoms with van der Waals surface area (Å²) < 4.78 is 5.39. The Morgan fingerprint density at radius 1 is 1.47 bits per heavy atom. The Bertz CT molecular complexity index is 444. The molecule has 5 nitrogen and oxygen atoms in total. The molecule has 0 unspecified atom stereocenters. The first-order chi connectivity index (χ1) is 9.17. The number of oxime groups is 1. The smallest absolute Gasteiger partial charge is 0.257 e. The number of rotatable bonds is 7. The van der Waals surface area contributed by atoms with Crippen molar-refractivity contribution >= 4 is 11.6 Å². The maximum atomic E-state index is 11.5. The Morgan fingerprint density at radius 3 is 2.95 bits per heavy atom. The van der Waals surface area contributed by atoms with Crippen molar-refractivity contribution in [1.29, 1.82) is 0 Å². The van der Waals surface area contributed by atoms with E-state index in [9.17, 15) is 4.79 Å². The molecule has 0 aromatic heterocycles. The number of nitrogens with zero attached hydrogens (tertiary/aromatic N) is 1. The second-order valence-corrected chi connectivity index (χ2v) is 4.21. The fourth-order valence-corrected chi connectivity index (χ4v) is 1.47. The molecule has 0 atom stereocenters. The second kappa shape index (κ2) is 8.13. The van der Waals surface area contributed by atoms with Crippen molar-refractivity contribution < 1.29 is 14.7 Å². The predicted molar refractivity (Wildman–Crippen MR) is 73.9 cm³/mol. The van der Waals surface area contributed by atoms with E-state index in [1.165, 1.54) is 0 Å². The van der Waals surface area contributed by atoms with E-state index < -0.39 is 0 Å². The second-order valence-electron chi connectivity index (χ2n) is 4.21. The highest BCUT2D eigenvalue weighted by Gasteiger charge is 2.04. The number of benzene rings is 1. The number of ether oxygens (including phenoxy) is 1. The molecular formula is C14H20N2O3. The summed E-state index contributed by atoms with van der Waals surface area (Å²) in [6.45, 7) is 4.42. The number of nitrogens with one attached hydrogen (secondary N) is 1. The summed E-state index contributed by atoms with van der Waals surface area (Å²) in [6.07, 6.45) is 2.01. The molecule has 0 spiro atoms. The third-order valence-corrected chi connectivity index (χ3v) is 2.62. The van der Waals surface area contributed by atoms with Crippen LogP contribution >= 0.6 is 0 Å². The molecule has 0 saturated carbocycles. The van der Waals surface area contributed by atoms with Crippen LogP contribution < -0.4 is 10.1 Å². The van der Waals surface area contributed by atoms with E-state index in [-0.39, 0.29) is 12.5 Å². The summed E-state index contributed by atoms with van der Waals surface area (Å²) in [5, 5.41) is 14.6. The quantitative estimate of drug-likeness (QED) is 0.343. The van der Waals surface area contributed by atoms with Crippen molar-refractivity contribution in [3.63, 3.8) is 0 Å². The van der Waals surface area contributed by atoms with E-state index in [1.807, 2.05) is 6.07 Å². The minimum atomic E-state index is -0.133. The Morgan fingerprint density at radius 2 is 2.26 bits per heavy atom. The monoisotopic (exact) mass is 264 g/mol. The van der Waals surface area contributed by atoms with Gasteiger partial charge < -0.3 is 15.3 Å². The third kappa shape index (κ3) is 5.42. The highest BCUT2D eigenvalue weighted by atomic mass is 16.5. The Hall–Kier alpha value is -2.04. The van der Waals surface area contributed by atoms with E-state index in [2.05, 4.69) is 17.4 Å². The Balaban J connectivity index is 2.47. The Kier molecular flexibility index (Phi) is 6.43. The number of carbonyl (C=O) groups excluding carboxylic acids is 1. The van der Waals surface area contributed by atoms with Gasteiger partial charge in [-0.3, -0.25) is 4.79 Å². The van der Waals surface area contributed by atoms with Crippen LogP contribution in [0, 0.1) is 0 Å². The van der Waals surface area contributed by atoms with Gasteiger partial charge in [-0.15, -0.1) is 0 Å². The fourth-order valence-electron chi connectivity index (χ4n) is 1.47. The highest BCUT2D eigenvalue weighted by Crippen LogP contribution is 2.13. The fraction of sp³-hybridized carbons (Fsp3) is 0.429. The third-order valence-electron chi connectivity index (χ3n) is 2.62. The van der Waals surface area contributed by atoms with Gasteiger partial charge in [0.2, 0.25) is 0 Å². The van der Waals surface area contributed by atoms with Gasteiger partial charge in [0.15, 0.2) is 6.61 Å². The first kappa shape index (κ1) is 15.0. The lowest BCUT2D eigenvalue weighted by Gasteiger charge is -2.08. The van der Waals surface area contributed by atoms with Crippen molar-refractivity contribution in [2.45, 2.75) is 26.7 Å². The van der Waals surface area contributed by atoms with Crippen LogP contribution in [0.25, 0.3) is 0 Å². The molecule has 0 saturated heterocycles. The molecule has 5 heteroatoms. The largest absolute Gasteiger partial charge is 0.484 e. The number of carbonyl (C=O) groups is 1. The minimum Gasteiger partial charge on any atom is -0.484 e. The van der Waals surface area contributed by atoms with E-state index in [0.29, 0.717) is 18.0 Å². The van der Waals surface area contributed by atoms with Crippen molar-refractivity contribution in [1.82, 2.24) is 5.32 Å². The molecule has 0 heterocycles. The summed E-state index contributed by atoms with van der Waals surface area (Å²) >= 11 is 0. The lowest BCUT2D eigenvalue weighted by molar-refractivity contribution is -0.123. The molecule has 1 aromatic carbocycles. The van der Waals surface area contributed by atoms with Crippen LogP contribution in [0.1, 0.15) is 32.3 Å². The number of unbranched alkanes of at least 4 members (excludes halogenated alkanes) is 1. The average Bonchev–Trinajstić information content (AvgIpc) is 2.45. The summed E-state index contributed by atoms with van der Waals surface area (Å²) in [4.78, 5) is 11.5. The maximum absolute atomic E-state index is 11.5. The zero-order chi connectivity index (χ0) is 14.1. The molecule has 0 radical (unpaired) electrons. The molecule has 1 aromatic rings. The maximum Gasteiger partial charge on any atom is 0.257 e. The van der Waals surface area contributed by atoms with Gasteiger partial charge in [-0.1, -0.05) is 30.6 Å². The van der Waals surface area contributed by atoms with Gasteiger partial charge >= 0.3 is 0 Å². The predicted octanol–water partition coefficient (Wildman–Crippen LogP) is 2.18. The van der Waals surface area contributed by atoms with Crippen LogP contribution in [0.4, 0.5) is 0 Å². The summed E-state index contributed by atoms with van der Waals surface area (Å²) in [5.41, 5.74) is 1.25. The lowest BCUT2D eigenvalue weighted by atomic mass is 10.1. The molecule has 0 bridgehead atoms. The molecule has 2 N–H and O–H groups in total. The van der Waals surface area contributed by atoms with Crippen LogP contribution in [0.15, 0.2) is 29.4 Å². The lowest BCUT2D eigenvalue weighted by Crippen LogP contribution is -2.29. The van der Waals surface area contributed by atoms with Gasteiger partial charge in [-0.05, 0) is 25.5 Å². The van der Waals surface area contributed by atoms with E-state index in [1.54, 1.807) is 25.1 Å². The normalized spacial score (nSPS) is 11.2. The van der Waals surface area contributed by atoms with Gasteiger partial charge in [-0.25, -0.2) is 0 Å². The molecule has 0 aliphatic rings. The van der Waals surface area contributed by atoms with E-state index >= 15 is 0 Å². The van der Waals surface area contributed by atoms with Crippen molar-refractivity contribution in [3.8, 4) is 5.75 Å². The average molecular weight is 264 g/mol. The highest BCUT2D eigenvalue weighted by molar-refractivity contribution is 5.98. The topological polar surface area (TPSA) is 70.9 Å². The number of hydrogen-bond acceptors (Lipinski definition) is 4. The molecule has 19 heavy (non-hydrogen) atoms. The molecule has 0 aliphatic carbocycles. The van der Waals surface area contributed by atoms with Crippen molar-refractivity contribution in [2.24, 2.45) is 5.16 Å². The zero-order valence-corrected chi connectivity index (χ0v) is 11.3. The Labute approximate surface area is 113 Å². The van der Waals surface area contributed by atoms with Crippen LogP contribution in [-0.4, -0.2) is 30.0 Å². The standard InChI is InChI=1S/C14H20N2O3/c1-3-4-8-15-14(17)10-19-13-7-5-6-12(9-13)11(2)16-18/h5-7,9,18H,3-4,8,10H2,1-2H3,(H,15,17). The van der Waals surface area contributed by atoms with Crippen LogP contribution in [-0.2, 0) is 4.79 Å². The van der Waals surface area contributed by atoms with Gasteiger partial charge in [0.1, 0.15) is 5.75 Å². The van der Waals surface area contributed by atoms with Crippen molar-refractivity contribution in [3.05, 3.63) is 29.8 Å². The molecule has 104 valence electrons. The molecule has 0 fully saturated rings. The van der Waals surface area contributed by atoms with Crippen LogP contribution in [0.5, 0.6) is 5.75 Å². The summed E-state index contributed by atoms with van der Waals surface area (Å²) in [6, 6.07) is 7.08. The molecular weight excluding hydrogens is 244 g/mol. The first-order valence-electron chi connectivity index (χ1n) is 6.36. The minimum absolute atomic E-state index is 0.0114. The number of hydrogen-bond donors (Lipinski definition) is 2. The van der Waals surface area contributed by atoms with Gasteiger partial charge in [0, 0.05) is 12.1 Å². The van der Waals surface area contributed by atoms with E-state index in [0.717, 1.165) is 18.4 Å². The van der Waals surface area contributed by atoms with Crippen LogP contribution in [0.2, 0.25) is 0 Å².